The van der Waals surface area contributed by atoms with E-state index in [9.17, 15) is 19.6 Å². The Morgan fingerprint density at radius 1 is 1.22 bits per heavy atom. The predicted octanol–water partition coefficient (Wildman–Crippen LogP) is 2.31. The summed E-state index contributed by atoms with van der Waals surface area (Å²) < 4.78 is 5.40. The number of benzene rings is 1. The molecule has 1 N–H and O–H groups in total. The fraction of sp³-hybridized carbons (Fsp3) is 0.593. The molecule has 3 amide bonds. The zero-order valence-corrected chi connectivity index (χ0v) is 21.8. The van der Waals surface area contributed by atoms with Crippen molar-refractivity contribution in [1.29, 1.82) is 10.5 Å². The lowest BCUT2D eigenvalue weighted by Crippen LogP contribution is -2.59. The maximum absolute atomic E-state index is 13.5. The number of carbonyl (C=O) groups is 3. The summed E-state index contributed by atoms with van der Waals surface area (Å²) in [5, 5.41) is 21.2. The molecule has 3 aliphatic heterocycles. The van der Waals surface area contributed by atoms with Gasteiger partial charge in [-0.25, -0.2) is 4.79 Å². The van der Waals surface area contributed by atoms with Crippen molar-refractivity contribution >= 4 is 17.9 Å². The van der Waals surface area contributed by atoms with Crippen LogP contribution in [0.1, 0.15) is 64.1 Å². The van der Waals surface area contributed by atoms with E-state index in [1.807, 2.05) is 28.9 Å². The molecule has 0 radical (unpaired) electrons. The molecule has 3 heterocycles. The first-order valence-electron chi connectivity index (χ1n) is 12.8. The number of hydrogen-bond acceptors (Lipinski definition) is 7. The molecule has 3 fully saturated rings. The third-order valence-electron chi connectivity index (χ3n) is 7.34. The Labute approximate surface area is 217 Å². The highest BCUT2D eigenvalue weighted by Crippen LogP contribution is 2.38. The van der Waals surface area contributed by atoms with E-state index in [0.717, 1.165) is 12.0 Å². The Morgan fingerprint density at radius 2 is 1.92 bits per heavy atom. The van der Waals surface area contributed by atoms with Crippen LogP contribution in [0.3, 0.4) is 0 Å². The SMILES string of the molecule is CC(c1ccc(C#N)cc1)N1C(=O)C2C[C@H]1CN2CC(NC(=O)OC(C)(C)C)C(=O)N1CCCC1C#N. The number of fused-ring (bicyclic) bond motifs is 2. The quantitative estimate of drug-likeness (QED) is 0.627. The second kappa shape index (κ2) is 10.4. The number of nitrogens with zero attached hydrogens (tertiary/aromatic N) is 5. The second-order valence-electron chi connectivity index (χ2n) is 11.0. The van der Waals surface area contributed by atoms with Crippen molar-refractivity contribution in [3.8, 4) is 12.1 Å². The normalized spacial score (nSPS) is 24.9. The van der Waals surface area contributed by atoms with E-state index in [2.05, 4.69) is 17.5 Å². The summed E-state index contributed by atoms with van der Waals surface area (Å²) in [6, 6.07) is 9.56. The number of nitriles is 2. The highest BCUT2D eigenvalue weighted by molar-refractivity contribution is 5.88. The molecular weight excluding hydrogens is 472 g/mol. The first-order valence-corrected chi connectivity index (χ1v) is 12.8. The van der Waals surface area contributed by atoms with Gasteiger partial charge in [-0.3, -0.25) is 14.5 Å². The van der Waals surface area contributed by atoms with Crippen LogP contribution < -0.4 is 5.32 Å². The van der Waals surface area contributed by atoms with Crippen LogP contribution in [-0.4, -0.2) is 82.0 Å². The Kier molecular flexibility index (Phi) is 7.42. The summed E-state index contributed by atoms with van der Waals surface area (Å²) in [7, 11) is 0. The van der Waals surface area contributed by atoms with Gasteiger partial charge in [0.2, 0.25) is 11.8 Å². The first-order chi connectivity index (χ1) is 17.5. The molecule has 5 atom stereocenters. The highest BCUT2D eigenvalue weighted by Gasteiger charge is 2.52. The lowest BCUT2D eigenvalue weighted by atomic mass is 10.0. The van der Waals surface area contributed by atoms with Gasteiger partial charge in [-0.15, -0.1) is 0 Å². The van der Waals surface area contributed by atoms with Crippen molar-refractivity contribution in [1.82, 2.24) is 20.0 Å². The van der Waals surface area contributed by atoms with E-state index in [-0.39, 0.29) is 36.5 Å². The molecule has 3 aliphatic rings. The van der Waals surface area contributed by atoms with Gasteiger partial charge in [0.1, 0.15) is 17.7 Å². The second-order valence-corrected chi connectivity index (χ2v) is 11.0. The van der Waals surface area contributed by atoms with Crippen molar-refractivity contribution < 1.29 is 19.1 Å². The summed E-state index contributed by atoms with van der Waals surface area (Å²) in [6.45, 7) is 8.43. The third kappa shape index (κ3) is 5.55. The van der Waals surface area contributed by atoms with Crippen molar-refractivity contribution in [2.24, 2.45) is 0 Å². The molecule has 1 aromatic rings. The number of ether oxygens (including phenoxy) is 1. The van der Waals surface area contributed by atoms with Crippen LogP contribution in [0, 0.1) is 22.7 Å². The van der Waals surface area contributed by atoms with Crippen LogP contribution in [0.15, 0.2) is 24.3 Å². The molecular formula is C27H34N6O4. The average molecular weight is 507 g/mol. The predicted molar refractivity (Wildman–Crippen MR) is 134 cm³/mol. The number of carbonyl (C=O) groups excluding carboxylic acids is 3. The topological polar surface area (TPSA) is 130 Å². The minimum Gasteiger partial charge on any atom is -0.444 e. The summed E-state index contributed by atoms with van der Waals surface area (Å²) in [5.74, 6) is -0.333. The Morgan fingerprint density at radius 3 is 2.51 bits per heavy atom. The fourth-order valence-electron chi connectivity index (χ4n) is 5.63. The molecule has 4 unspecified atom stereocenters. The van der Waals surface area contributed by atoms with E-state index >= 15 is 0 Å². The molecule has 10 nitrogen and oxygen atoms in total. The minimum absolute atomic E-state index is 0.00680. The van der Waals surface area contributed by atoms with Gasteiger partial charge >= 0.3 is 6.09 Å². The van der Waals surface area contributed by atoms with Gasteiger partial charge in [0.15, 0.2) is 0 Å². The van der Waals surface area contributed by atoms with Crippen LogP contribution in [0.5, 0.6) is 0 Å². The molecule has 3 saturated heterocycles. The molecule has 1 aromatic carbocycles. The maximum Gasteiger partial charge on any atom is 0.408 e. The Bertz CT molecular complexity index is 1130. The van der Waals surface area contributed by atoms with Crippen LogP contribution in [-0.2, 0) is 14.3 Å². The lowest BCUT2D eigenvalue weighted by molar-refractivity contribution is -0.141. The number of piperazine rings is 1. The molecule has 0 aromatic heterocycles. The minimum atomic E-state index is -0.930. The molecule has 0 saturated carbocycles. The van der Waals surface area contributed by atoms with Gasteiger partial charge in [-0.2, -0.15) is 10.5 Å². The molecule has 37 heavy (non-hydrogen) atoms. The number of nitrogens with one attached hydrogen (secondary N) is 1. The van der Waals surface area contributed by atoms with Crippen LogP contribution >= 0.6 is 0 Å². The van der Waals surface area contributed by atoms with Crippen molar-refractivity contribution in [2.75, 3.05) is 19.6 Å². The molecule has 196 valence electrons. The van der Waals surface area contributed by atoms with Gasteiger partial charge < -0.3 is 19.9 Å². The number of amides is 3. The first kappa shape index (κ1) is 26.4. The monoisotopic (exact) mass is 506 g/mol. The summed E-state index contributed by atoms with van der Waals surface area (Å²) >= 11 is 0. The highest BCUT2D eigenvalue weighted by atomic mass is 16.6. The number of alkyl carbamates (subject to hydrolysis) is 1. The van der Waals surface area contributed by atoms with Crippen LogP contribution in [0.2, 0.25) is 0 Å². The van der Waals surface area contributed by atoms with Crippen LogP contribution in [0.4, 0.5) is 4.79 Å². The largest absolute Gasteiger partial charge is 0.444 e. The van der Waals surface area contributed by atoms with E-state index in [1.165, 1.54) is 4.90 Å². The standard InChI is InChI=1S/C27H34N6O4/c1-17(19-9-7-18(13-28)8-10-19)33-21-12-23(25(33)35)31(15-21)16-22(30-26(36)37-27(2,3)4)24(34)32-11-5-6-20(32)14-29/h7-10,17,20-23H,5-6,11-12,15-16H2,1-4H3,(H,30,36)/t17?,20?,21-,22?,23?/m0/s1. The van der Waals surface area contributed by atoms with Gasteiger partial charge in [-0.05, 0) is 64.7 Å². The number of rotatable bonds is 6. The Balaban J connectivity index is 1.47. The zero-order chi connectivity index (χ0) is 26.9. The van der Waals surface area contributed by atoms with Gasteiger partial charge in [-0.1, -0.05) is 12.1 Å². The van der Waals surface area contributed by atoms with Gasteiger partial charge in [0, 0.05) is 25.7 Å². The van der Waals surface area contributed by atoms with Gasteiger partial charge in [0.05, 0.1) is 29.8 Å². The van der Waals surface area contributed by atoms with E-state index in [4.69, 9.17) is 10.00 Å². The fourth-order valence-corrected chi connectivity index (χ4v) is 5.63. The van der Waals surface area contributed by atoms with Crippen molar-refractivity contribution in [2.45, 2.75) is 82.8 Å². The smallest absolute Gasteiger partial charge is 0.408 e. The van der Waals surface area contributed by atoms with E-state index in [0.29, 0.717) is 31.5 Å². The molecule has 4 rings (SSSR count). The van der Waals surface area contributed by atoms with Crippen LogP contribution in [0.25, 0.3) is 0 Å². The average Bonchev–Trinajstić information content (AvgIpc) is 3.56. The maximum atomic E-state index is 13.5. The third-order valence-corrected chi connectivity index (χ3v) is 7.34. The molecule has 2 bridgehead atoms. The lowest BCUT2D eigenvalue weighted by Gasteiger charge is -2.39. The zero-order valence-electron chi connectivity index (χ0n) is 21.8. The van der Waals surface area contributed by atoms with Crippen molar-refractivity contribution in [3.05, 3.63) is 35.4 Å². The van der Waals surface area contributed by atoms with Gasteiger partial charge in [0.25, 0.3) is 0 Å². The summed E-state index contributed by atoms with van der Waals surface area (Å²) in [4.78, 5) is 44.9. The molecule has 0 aliphatic carbocycles. The molecule has 0 spiro atoms. The van der Waals surface area contributed by atoms with E-state index in [1.54, 1.807) is 32.9 Å². The molecule has 10 heteroatoms. The summed E-state index contributed by atoms with van der Waals surface area (Å²) in [5.41, 5.74) is 0.801. The van der Waals surface area contributed by atoms with Crippen molar-refractivity contribution in [3.63, 3.8) is 0 Å². The summed E-state index contributed by atoms with van der Waals surface area (Å²) in [6.07, 6.45) is 1.29. The number of likely N-dealkylation sites (tertiary alicyclic amines) is 3. The van der Waals surface area contributed by atoms with E-state index < -0.39 is 23.8 Å². The number of hydrogen-bond donors (Lipinski definition) is 1. The Hall–Kier alpha value is -3.63.